The minimum absolute atomic E-state index is 0.00146. The maximum absolute atomic E-state index is 12.8. The minimum Gasteiger partial charge on any atom is -0.493 e. The molecule has 1 heterocycles. The highest BCUT2D eigenvalue weighted by molar-refractivity contribution is 5.86. The van der Waals surface area contributed by atoms with Gasteiger partial charge in [-0.15, -0.1) is 0 Å². The summed E-state index contributed by atoms with van der Waals surface area (Å²) < 4.78 is 10.7. The number of piperidine rings is 1. The molecule has 1 unspecified atom stereocenters. The van der Waals surface area contributed by atoms with E-state index in [2.05, 4.69) is 5.32 Å². The molecule has 0 bridgehead atoms. The largest absolute Gasteiger partial charge is 0.493 e. The van der Waals surface area contributed by atoms with Crippen LogP contribution in [0.1, 0.15) is 36.8 Å². The third-order valence-corrected chi connectivity index (χ3v) is 5.81. The molecule has 2 aromatic carbocycles. The van der Waals surface area contributed by atoms with E-state index >= 15 is 0 Å². The standard InChI is InChI=1S/C25H32N2O4/c1-30-22-14-12-20(16-23(22)31-2)11-13-21-10-6-7-15-27(21)25(29)18-26-24(28)17-19-8-4-3-5-9-19/h3-5,8-9,12,14,16,21H,6-7,10-11,13,15,17-18H2,1-2H3,(H,26,28). The van der Waals surface area contributed by atoms with Gasteiger partial charge in [0.2, 0.25) is 11.8 Å². The van der Waals surface area contributed by atoms with Crippen molar-refractivity contribution in [1.29, 1.82) is 0 Å². The summed E-state index contributed by atoms with van der Waals surface area (Å²) in [5.41, 5.74) is 2.10. The number of likely N-dealkylation sites (tertiary alicyclic amines) is 1. The summed E-state index contributed by atoms with van der Waals surface area (Å²) in [4.78, 5) is 27.0. The lowest BCUT2D eigenvalue weighted by Gasteiger charge is -2.36. The fourth-order valence-electron chi connectivity index (χ4n) is 4.12. The second kappa shape index (κ2) is 11.4. The normalized spacial score (nSPS) is 15.9. The first-order valence-electron chi connectivity index (χ1n) is 10.9. The molecule has 1 saturated heterocycles. The quantitative estimate of drug-likeness (QED) is 0.670. The van der Waals surface area contributed by atoms with Gasteiger partial charge >= 0.3 is 0 Å². The molecule has 1 fully saturated rings. The molecule has 6 heteroatoms. The minimum atomic E-state index is -0.126. The van der Waals surface area contributed by atoms with Gasteiger partial charge in [-0.2, -0.15) is 0 Å². The molecule has 166 valence electrons. The van der Waals surface area contributed by atoms with E-state index in [0.717, 1.165) is 55.5 Å². The van der Waals surface area contributed by atoms with E-state index in [1.807, 2.05) is 53.4 Å². The Morgan fingerprint density at radius 3 is 2.52 bits per heavy atom. The number of carbonyl (C=O) groups is 2. The van der Waals surface area contributed by atoms with Crippen molar-refractivity contribution in [2.45, 2.75) is 44.6 Å². The molecule has 6 nitrogen and oxygen atoms in total. The Morgan fingerprint density at radius 2 is 1.77 bits per heavy atom. The highest BCUT2D eigenvalue weighted by Gasteiger charge is 2.26. The zero-order valence-corrected chi connectivity index (χ0v) is 18.4. The average molecular weight is 425 g/mol. The van der Waals surface area contributed by atoms with Gasteiger partial charge in [-0.1, -0.05) is 36.4 Å². The number of amides is 2. The van der Waals surface area contributed by atoms with Crippen LogP contribution in [0.5, 0.6) is 11.5 Å². The van der Waals surface area contributed by atoms with Crippen molar-refractivity contribution in [1.82, 2.24) is 10.2 Å². The molecule has 31 heavy (non-hydrogen) atoms. The monoisotopic (exact) mass is 424 g/mol. The van der Waals surface area contributed by atoms with E-state index < -0.39 is 0 Å². The number of hydrogen-bond donors (Lipinski definition) is 1. The zero-order valence-electron chi connectivity index (χ0n) is 18.4. The van der Waals surface area contributed by atoms with Gasteiger partial charge in [0.15, 0.2) is 11.5 Å². The number of ether oxygens (including phenoxy) is 2. The van der Waals surface area contributed by atoms with Crippen molar-refractivity contribution in [3.63, 3.8) is 0 Å². The van der Waals surface area contributed by atoms with Crippen LogP contribution >= 0.6 is 0 Å². The predicted octanol–water partition coefficient (Wildman–Crippen LogP) is 3.38. The molecule has 0 aliphatic carbocycles. The van der Waals surface area contributed by atoms with Crippen molar-refractivity contribution < 1.29 is 19.1 Å². The number of methoxy groups -OCH3 is 2. The first-order valence-corrected chi connectivity index (χ1v) is 10.9. The highest BCUT2D eigenvalue weighted by atomic mass is 16.5. The summed E-state index contributed by atoms with van der Waals surface area (Å²) in [7, 11) is 3.26. The van der Waals surface area contributed by atoms with Crippen LogP contribution in [0.4, 0.5) is 0 Å². The molecule has 1 atom stereocenters. The van der Waals surface area contributed by atoms with E-state index in [-0.39, 0.29) is 30.8 Å². The number of benzene rings is 2. The summed E-state index contributed by atoms with van der Waals surface area (Å²) >= 11 is 0. The summed E-state index contributed by atoms with van der Waals surface area (Å²) in [5.74, 6) is 1.31. The van der Waals surface area contributed by atoms with Crippen molar-refractivity contribution in [3.8, 4) is 11.5 Å². The van der Waals surface area contributed by atoms with E-state index in [1.165, 1.54) is 0 Å². The molecule has 1 aliphatic rings. The predicted molar refractivity (Wildman–Crippen MR) is 120 cm³/mol. The van der Waals surface area contributed by atoms with Crippen LogP contribution in [-0.4, -0.2) is 50.1 Å². The van der Waals surface area contributed by atoms with Gasteiger partial charge in [-0.25, -0.2) is 0 Å². The maximum Gasteiger partial charge on any atom is 0.242 e. The van der Waals surface area contributed by atoms with Gasteiger partial charge in [0.1, 0.15) is 0 Å². The molecule has 3 rings (SSSR count). The lowest BCUT2D eigenvalue weighted by molar-refractivity contribution is -0.136. The molecule has 0 aromatic heterocycles. The second-order valence-corrected chi connectivity index (χ2v) is 7.90. The van der Waals surface area contributed by atoms with Crippen molar-refractivity contribution in [3.05, 3.63) is 59.7 Å². The summed E-state index contributed by atoms with van der Waals surface area (Å²) in [5, 5.41) is 2.79. The van der Waals surface area contributed by atoms with E-state index in [4.69, 9.17) is 9.47 Å². The molecule has 2 aromatic rings. The van der Waals surface area contributed by atoms with Crippen LogP contribution in [0.25, 0.3) is 0 Å². The van der Waals surface area contributed by atoms with Crippen LogP contribution in [0.15, 0.2) is 48.5 Å². The summed E-state index contributed by atoms with van der Waals surface area (Å²) in [6, 6.07) is 15.7. The van der Waals surface area contributed by atoms with Crippen LogP contribution in [0, 0.1) is 0 Å². The van der Waals surface area contributed by atoms with Gasteiger partial charge in [0.25, 0.3) is 0 Å². The van der Waals surface area contributed by atoms with E-state index in [9.17, 15) is 9.59 Å². The zero-order chi connectivity index (χ0) is 22.1. The Hall–Kier alpha value is -3.02. The van der Waals surface area contributed by atoms with Crippen LogP contribution in [-0.2, 0) is 22.4 Å². The van der Waals surface area contributed by atoms with Crippen molar-refractivity contribution >= 4 is 11.8 Å². The van der Waals surface area contributed by atoms with Gasteiger partial charge < -0.3 is 19.7 Å². The van der Waals surface area contributed by atoms with Gasteiger partial charge in [-0.3, -0.25) is 9.59 Å². The lowest BCUT2D eigenvalue weighted by atomic mass is 9.95. The molecular weight excluding hydrogens is 392 g/mol. The molecule has 0 spiro atoms. The summed E-state index contributed by atoms with van der Waals surface area (Å²) in [6.45, 7) is 0.808. The van der Waals surface area contributed by atoms with Crippen LogP contribution in [0.3, 0.4) is 0 Å². The van der Waals surface area contributed by atoms with Crippen molar-refractivity contribution in [2.24, 2.45) is 0 Å². The fourth-order valence-corrected chi connectivity index (χ4v) is 4.12. The first kappa shape index (κ1) is 22.7. The number of aryl methyl sites for hydroxylation is 1. The molecular formula is C25H32N2O4. The van der Waals surface area contributed by atoms with Crippen LogP contribution < -0.4 is 14.8 Å². The molecule has 1 N–H and O–H groups in total. The molecule has 0 saturated carbocycles. The number of carbonyl (C=O) groups excluding carboxylic acids is 2. The topological polar surface area (TPSA) is 67.9 Å². The van der Waals surface area contributed by atoms with Gasteiger partial charge in [-0.05, 0) is 55.4 Å². The Morgan fingerprint density at radius 1 is 1.00 bits per heavy atom. The number of hydrogen-bond acceptors (Lipinski definition) is 4. The van der Waals surface area contributed by atoms with Crippen LogP contribution in [0.2, 0.25) is 0 Å². The van der Waals surface area contributed by atoms with Crippen molar-refractivity contribution in [2.75, 3.05) is 27.3 Å². The average Bonchev–Trinajstić information content (AvgIpc) is 2.81. The smallest absolute Gasteiger partial charge is 0.242 e. The van der Waals surface area contributed by atoms with Gasteiger partial charge in [0.05, 0.1) is 27.2 Å². The van der Waals surface area contributed by atoms with E-state index in [0.29, 0.717) is 5.75 Å². The van der Waals surface area contributed by atoms with Gasteiger partial charge in [0, 0.05) is 12.6 Å². The number of nitrogens with one attached hydrogen (secondary N) is 1. The molecule has 0 radical (unpaired) electrons. The molecule has 1 aliphatic heterocycles. The third-order valence-electron chi connectivity index (χ3n) is 5.81. The Bertz CT molecular complexity index is 869. The Labute approximate surface area is 184 Å². The highest BCUT2D eigenvalue weighted by Crippen LogP contribution is 2.29. The fraction of sp³-hybridized carbons (Fsp3) is 0.440. The Balaban J connectivity index is 1.52. The lowest BCUT2D eigenvalue weighted by Crippen LogP contribution is -2.48. The molecule has 2 amide bonds. The second-order valence-electron chi connectivity index (χ2n) is 7.90. The first-order chi connectivity index (χ1) is 15.1. The third kappa shape index (κ3) is 6.48. The maximum atomic E-state index is 12.8. The number of rotatable bonds is 9. The SMILES string of the molecule is COc1ccc(CCC2CCCCN2C(=O)CNC(=O)Cc2ccccc2)cc1OC. The van der Waals surface area contributed by atoms with E-state index in [1.54, 1.807) is 14.2 Å². The Kier molecular flexibility index (Phi) is 8.33. The summed E-state index contributed by atoms with van der Waals surface area (Å²) in [6.07, 6.45) is 5.17. The number of nitrogens with zero attached hydrogens (tertiary/aromatic N) is 1.